The number of rotatable bonds is 2. The van der Waals surface area contributed by atoms with Crippen LogP contribution in [0.15, 0.2) is 27.6 Å². The van der Waals surface area contributed by atoms with Crippen LogP contribution >= 0.6 is 15.9 Å². The summed E-state index contributed by atoms with van der Waals surface area (Å²) in [6.45, 7) is 3.31. The van der Waals surface area contributed by atoms with E-state index in [-0.39, 0.29) is 15.4 Å². The summed E-state index contributed by atoms with van der Waals surface area (Å²) in [5, 5.41) is 3.11. The van der Waals surface area contributed by atoms with Crippen molar-refractivity contribution in [1.82, 2.24) is 9.62 Å². The molecule has 1 heterocycles. The number of hydrogen-bond acceptors (Lipinski definition) is 3. The minimum atomic E-state index is -3.80. The lowest BCUT2D eigenvalue weighted by Crippen LogP contribution is -2.52. The van der Waals surface area contributed by atoms with Gasteiger partial charge in [0.05, 0.1) is 0 Å². The highest BCUT2D eigenvalue weighted by molar-refractivity contribution is 9.10. The summed E-state index contributed by atoms with van der Waals surface area (Å²) in [4.78, 5) is -0.279. The smallest absolute Gasteiger partial charge is 0.247 e. The Balaban J connectivity index is 2.48. The molecule has 1 aromatic carbocycles. The maximum absolute atomic E-state index is 13.8. The number of halogens is 2. The lowest BCUT2D eigenvalue weighted by molar-refractivity contribution is 0.282. The Morgan fingerprint density at radius 2 is 2.22 bits per heavy atom. The van der Waals surface area contributed by atoms with Gasteiger partial charge in [-0.1, -0.05) is 6.07 Å². The number of piperazine rings is 1. The van der Waals surface area contributed by atoms with E-state index in [1.165, 1.54) is 16.4 Å². The molecule has 0 spiro atoms. The van der Waals surface area contributed by atoms with Crippen LogP contribution in [0.5, 0.6) is 0 Å². The van der Waals surface area contributed by atoms with E-state index >= 15 is 0 Å². The molecule has 18 heavy (non-hydrogen) atoms. The zero-order valence-corrected chi connectivity index (χ0v) is 12.3. The molecule has 100 valence electrons. The summed E-state index contributed by atoms with van der Waals surface area (Å²) in [6.07, 6.45) is 0. The first-order valence-electron chi connectivity index (χ1n) is 5.61. The van der Waals surface area contributed by atoms with E-state index in [9.17, 15) is 12.8 Å². The van der Waals surface area contributed by atoms with Crippen molar-refractivity contribution in [2.24, 2.45) is 0 Å². The molecule has 1 saturated heterocycles. The van der Waals surface area contributed by atoms with Crippen molar-refractivity contribution in [2.75, 3.05) is 19.6 Å². The van der Waals surface area contributed by atoms with Crippen LogP contribution in [0.2, 0.25) is 0 Å². The summed E-state index contributed by atoms with van der Waals surface area (Å²) in [7, 11) is -3.80. The Bertz CT molecular complexity index is 530. The van der Waals surface area contributed by atoms with Crippen molar-refractivity contribution in [1.29, 1.82) is 0 Å². The average Bonchev–Trinajstić information content (AvgIpc) is 2.28. The lowest BCUT2D eigenvalue weighted by atomic mass is 10.3. The Morgan fingerprint density at radius 1 is 1.50 bits per heavy atom. The van der Waals surface area contributed by atoms with Crippen molar-refractivity contribution >= 4 is 26.0 Å². The van der Waals surface area contributed by atoms with Crippen LogP contribution in [-0.4, -0.2) is 38.4 Å². The van der Waals surface area contributed by atoms with Crippen LogP contribution in [0, 0.1) is 5.82 Å². The normalized spacial score (nSPS) is 22.1. The molecule has 1 aliphatic rings. The van der Waals surface area contributed by atoms with E-state index in [0.717, 1.165) is 6.07 Å². The first-order valence-corrected chi connectivity index (χ1v) is 7.84. The first kappa shape index (κ1) is 13.9. The zero-order valence-electron chi connectivity index (χ0n) is 9.86. The molecule has 1 aromatic rings. The zero-order chi connectivity index (χ0) is 13.3. The van der Waals surface area contributed by atoms with Crippen molar-refractivity contribution in [3.63, 3.8) is 0 Å². The summed E-state index contributed by atoms with van der Waals surface area (Å²) < 4.78 is 40.3. The highest BCUT2D eigenvalue weighted by Crippen LogP contribution is 2.28. The number of sulfonamides is 1. The van der Waals surface area contributed by atoms with E-state index in [0.29, 0.717) is 19.6 Å². The fourth-order valence-electron chi connectivity index (χ4n) is 2.03. The number of hydrogen-bond donors (Lipinski definition) is 1. The Hall–Kier alpha value is -0.500. The fourth-order valence-corrected chi connectivity index (χ4v) is 4.72. The van der Waals surface area contributed by atoms with Crippen molar-refractivity contribution in [2.45, 2.75) is 17.9 Å². The van der Waals surface area contributed by atoms with Gasteiger partial charge in [0.15, 0.2) is 0 Å². The number of benzene rings is 1. The van der Waals surface area contributed by atoms with E-state index < -0.39 is 15.8 Å². The van der Waals surface area contributed by atoms with Gasteiger partial charge in [0.25, 0.3) is 0 Å². The van der Waals surface area contributed by atoms with Crippen molar-refractivity contribution in [3.8, 4) is 0 Å². The number of nitrogens with one attached hydrogen (secondary N) is 1. The van der Waals surface area contributed by atoms with Crippen LogP contribution in [-0.2, 0) is 10.0 Å². The van der Waals surface area contributed by atoms with Gasteiger partial charge < -0.3 is 5.32 Å². The molecule has 0 amide bonds. The van der Waals surface area contributed by atoms with Gasteiger partial charge >= 0.3 is 0 Å². The maximum atomic E-state index is 13.8. The second-order valence-corrected chi connectivity index (χ2v) is 6.90. The van der Waals surface area contributed by atoms with E-state index in [1.807, 2.05) is 0 Å². The van der Waals surface area contributed by atoms with Gasteiger partial charge in [-0.05, 0) is 35.0 Å². The lowest BCUT2D eigenvalue weighted by Gasteiger charge is -2.33. The maximum Gasteiger partial charge on any atom is 0.247 e. The summed E-state index contributed by atoms with van der Waals surface area (Å²) >= 11 is 3.11. The van der Waals surface area contributed by atoms with Crippen LogP contribution in [0.1, 0.15) is 6.92 Å². The fraction of sp³-hybridized carbons (Fsp3) is 0.455. The summed E-state index contributed by atoms with van der Waals surface area (Å²) in [5.74, 6) is -0.727. The van der Waals surface area contributed by atoms with Gasteiger partial charge in [-0.3, -0.25) is 0 Å². The number of nitrogens with zero attached hydrogens (tertiary/aromatic N) is 1. The van der Waals surface area contributed by atoms with Gasteiger partial charge in [0.2, 0.25) is 10.0 Å². The predicted octanol–water partition coefficient (Wildman–Crippen LogP) is 1.57. The van der Waals surface area contributed by atoms with Crippen molar-refractivity contribution < 1.29 is 12.8 Å². The van der Waals surface area contributed by atoms with Crippen LogP contribution < -0.4 is 5.32 Å². The third-order valence-electron chi connectivity index (χ3n) is 2.93. The Labute approximate surface area is 114 Å². The topological polar surface area (TPSA) is 49.4 Å². The molecule has 4 nitrogen and oxygen atoms in total. The van der Waals surface area contributed by atoms with Gasteiger partial charge in [-0.25, -0.2) is 12.8 Å². The second-order valence-electron chi connectivity index (χ2n) is 4.22. The molecule has 0 bridgehead atoms. The molecule has 7 heteroatoms. The molecule has 1 atom stereocenters. The molecule has 0 aromatic heterocycles. The summed E-state index contributed by atoms with van der Waals surface area (Å²) in [6, 6.07) is 3.97. The van der Waals surface area contributed by atoms with E-state index in [2.05, 4.69) is 21.2 Å². The predicted molar refractivity (Wildman–Crippen MR) is 70.3 cm³/mol. The minimum absolute atomic E-state index is 0.185. The highest BCUT2D eigenvalue weighted by atomic mass is 79.9. The highest BCUT2D eigenvalue weighted by Gasteiger charge is 2.34. The van der Waals surface area contributed by atoms with Gasteiger partial charge in [0, 0.05) is 30.1 Å². The van der Waals surface area contributed by atoms with Crippen LogP contribution in [0.3, 0.4) is 0 Å². The van der Waals surface area contributed by atoms with Crippen LogP contribution in [0.25, 0.3) is 0 Å². The van der Waals surface area contributed by atoms with Gasteiger partial charge in [-0.2, -0.15) is 4.31 Å². The molecule has 1 aliphatic heterocycles. The molecule has 0 aliphatic carbocycles. The SMILES string of the molecule is C[C@@H]1CNCCN1S(=O)(=O)c1c(F)cccc1Br. The quantitative estimate of drug-likeness (QED) is 0.891. The standard InChI is InChI=1S/C11H14BrFN2O2S/c1-8-7-14-5-6-15(8)18(16,17)11-9(12)3-2-4-10(11)13/h2-4,8,14H,5-7H2,1H3/t8-/m1/s1. The molecule has 1 fully saturated rings. The van der Waals surface area contributed by atoms with E-state index in [1.54, 1.807) is 6.92 Å². The Kier molecular flexibility index (Phi) is 4.05. The molecular weight excluding hydrogens is 323 g/mol. The second kappa shape index (κ2) is 5.24. The third kappa shape index (κ3) is 2.45. The van der Waals surface area contributed by atoms with Gasteiger partial charge in [-0.15, -0.1) is 0 Å². The molecule has 0 radical (unpaired) electrons. The third-order valence-corrected chi connectivity index (χ3v) is 5.94. The molecule has 0 unspecified atom stereocenters. The summed E-state index contributed by atoms with van der Waals surface area (Å²) in [5.41, 5.74) is 0. The molecular formula is C11H14BrFN2O2S. The first-order chi connectivity index (χ1) is 8.44. The minimum Gasteiger partial charge on any atom is -0.314 e. The molecule has 0 saturated carbocycles. The molecule has 2 rings (SSSR count). The molecule has 1 N–H and O–H groups in total. The average molecular weight is 337 g/mol. The van der Waals surface area contributed by atoms with Crippen LogP contribution in [0.4, 0.5) is 4.39 Å². The van der Waals surface area contributed by atoms with E-state index in [4.69, 9.17) is 0 Å². The van der Waals surface area contributed by atoms with Crippen molar-refractivity contribution in [3.05, 3.63) is 28.5 Å². The largest absolute Gasteiger partial charge is 0.314 e. The monoisotopic (exact) mass is 336 g/mol. The van der Waals surface area contributed by atoms with Gasteiger partial charge in [0.1, 0.15) is 10.7 Å². The Morgan fingerprint density at radius 3 is 2.83 bits per heavy atom.